The van der Waals surface area contributed by atoms with Gasteiger partial charge >= 0.3 is 0 Å². The maximum absolute atomic E-state index is 3.34. The number of nitrogens with zero attached hydrogens (tertiary/aromatic N) is 1. The van der Waals surface area contributed by atoms with E-state index in [4.69, 9.17) is 0 Å². The Labute approximate surface area is 93.7 Å². The topological polar surface area (TPSA) is 19.7 Å². The molecule has 1 heterocycles. The Hall–Kier alpha value is -0.790. The quantitative estimate of drug-likeness (QED) is 0.501. The minimum absolute atomic E-state index is 1.18. The molecule has 0 radical (unpaired) electrons. The summed E-state index contributed by atoms with van der Waals surface area (Å²) >= 11 is 0. The fourth-order valence-corrected chi connectivity index (χ4v) is 1.87. The van der Waals surface area contributed by atoms with Gasteiger partial charge in [-0.2, -0.15) is 0 Å². The van der Waals surface area contributed by atoms with E-state index in [9.17, 15) is 0 Å². The molecule has 0 amide bonds. The van der Waals surface area contributed by atoms with E-state index in [0.29, 0.717) is 0 Å². The summed E-state index contributed by atoms with van der Waals surface area (Å²) in [6.07, 6.45) is 13.4. The van der Waals surface area contributed by atoms with Gasteiger partial charge in [-0.05, 0) is 19.3 Å². The van der Waals surface area contributed by atoms with E-state index in [0.717, 1.165) is 0 Å². The third kappa shape index (κ3) is 4.50. The zero-order chi connectivity index (χ0) is 10.9. The van der Waals surface area contributed by atoms with Gasteiger partial charge in [0.05, 0.1) is 6.54 Å². The number of hydrogen-bond acceptors (Lipinski definition) is 0. The highest BCUT2D eigenvalue weighted by Crippen LogP contribution is 2.01. The summed E-state index contributed by atoms with van der Waals surface area (Å²) in [6.45, 7) is 5.69. The summed E-state index contributed by atoms with van der Waals surface area (Å²) < 4.78 is 2.38. The van der Waals surface area contributed by atoms with Gasteiger partial charge in [-0.15, -0.1) is 0 Å². The smallest absolute Gasteiger partial charge is 0.248 e. The zero-order valence-corrected chi connectivity index (χ0v) is 10.3. The molecule has 0 aromatic carbocycles. The molecule has 0 saturated carbocycles. The van der Waals surface area contributed by atoms with E-state index in [2.05, 4.69) is 35.8 Å². The molecule has 1 aromatic heterocycles. The van der Waals surface area contributed by atoms with Gasteiger partial charge in [0.1, 0.15) is 12.4 Å². The fourth-order valence-electron chi connectivity index (χ4n) is 1.87. The van der Waals surface area contributed by atoms with E-state index < -0.39 is 0 Å². The molecule has 0 saturated heterocycles. The number of nitrogens with one attached hydrogen (secondary N) is 1. The van der Waals surface area contributed by atoms with Gasteiger partial charge in [0.25, 0.3) is 5.82 Å². The highest BCUT2D eigenvalue weighted by molar-refractivity contribution is 4.77. The second-order valence-corrected chi connectivity index (χ2v) is 4.26. The number of rotatable bonds is 8. The molecule has 0 spiro atoms. The lowest BCUT2D eigenvalue weighted by Gasteiger charge is -2.00. The molecule has 0 aliphatic rings. The molecule has 0 bridgehead atoms. The molecule has 2 heteroatoms. The minimum Gasteiger partial charge on any atom is -0.248 e. The Balaban J connectivity index is 2.29. The Morgan fingerprint density at radius 2 is 1.87 bits per heavy atom. The van der Waals surface area contributed by atoms with Crippen LogP contribution in [0.3, 0.4) is 0 Å². The minimum atomic E-state index is 1.18. The van der Waals surface area contributed by atoms with Crippen molar-refractivity contribution in [3.8, 4) is 0 Å². The lowest BCUT2D eigenvalue weighted by Crippen LogP contribution is -2.36. The first kappa shape index (κ1) is 12.3. The first-order chi connectivity index (χ1) is 7.38. The van der Waals surface area contributed by atoms with Crippen molar-refractivity contribution in [1.29, 1.82) is 0 Å². The summed E-state index contributed by atoms with van der Waals surface area (Å²) in [5.74, 6) is 1.40. The highest BCUT2D eigenvalue weighted by Gasteiger charge is 2.08. The number of imidazole rings is 1. The molecule has 1 rings (SSSR count). The van der Waals surface area contributed by atoms with Crippen molar-refractivity contribution in [3.63, 3.8) is 0 Å². The summed E-state index contributed by atoms with van der Waals surface area (Å²) in [7, 11) is 0. The van der Waals surface area contributed by atoms with Gasteiger partial charge in [-0.1, -0.05) is 33.1 Å². The molecule has 0 atom stereocenters. The Bertz CT molecular complexity index is 253. The summed E-state index contributed by atoms with van der Waals surface area (Å²) in [5.41, 5.74) is 0. The fraction of sp³-hybridized carbons (Fsp3) is 0.769. The van der Waals surface area contributed by atoms with Crippen LogP contribution in [0.25, 0.3) is 0 Å². The van der Waals surface area contributed by atoms with Crippen molar-refractivity contribution in [2.45, 2.75) is 65.3 Å². The maximum atomic E-state index is 3.34. The summed E-state index contributed by atoms with van der Waals surface area (Å²) in [6, 6.07) is 0. The first-order valence-electron chi connectivity index (χ1n) is 6.44. The molecule has 0 unspecified atom stereocenters. The largest absolute Gasteiger partial charge is 0.254 e. The van der Waals surface area contributed by atoms with Crippen molar-refractivity contribution in [3.05, 3.63) is 18.2 Å². The molecule has 86 valence electrons. The van der Waals surface area contributed by atoms with Crippen LogP contribution in [0.1, 0.15) is 58.2 Å². The van der Waals surface area contributed by atoms with Crippen LogP contribution in [-0.2, 0) is 13.0 Å². The first-order valence-corrected chi connectivity index (χ1v) is 6.44. The number of aromatic nitrogens is 2. The van der Waals surface area contributed by atoms with Crippen LogP contribution in [0, 0.1) is 0 Å². The summed E-state index contributed by atoms with van der Waals surface area (Å²) in [4.78, 5) is 3.34. The van der Waals surface area contributed by atoms with Gasteiger partial charge in [0.2, 0.25) is 0 Å². The zero-order valence-electron chi connectivity index (χ0n) is 10.3. The Morgan fingerprint density at radius 3 is 2.60 bits per heavy atom. The highest BCUT2D eigenvalue weighted by atomic mass is 15.1. The van der Waals surface area contributed by atoms with Crippen molar-refractivity contribution in [1.82, 2.24) is 4.98 Å². The van der Waals surface area contributed by atoms with E-state index in [1.165, 1.54) is 57.3 Å². The van der Waals surface area contributed by atoms with E-state index in [-0.39, 0.29) is 0 Å². The molecule has 0 aliphatic heterocycles. The standard InChI is InChI=1S/C13H24N2/c1-3-5-7-8-11-15-12-10-14-13(15)9-6-4-2/h10,12H,3-9,11H2,1-2H3/p+1. The van der Waals surface area contributed by atoms with Crippen molar-refractivity contribution >= 4 is 0 Å². The van der Waals surface area contributed by atoms with E-state index in [1.54, 1.807) is 0 Å². The van der Waals surface area contributed by atoms with Gasteiger partial charge in [0.15, 0.2) is 0 Å². The second-order valence-electron chi connectivity index (χ2n) is 4.26. The average molecular weight is 209 g/mol. The van der Waals surface area contributed by atoms with Crippen LogP contribution in [0.5, 0.6) is 0 Å². The van der Waals surface area contributed by atoms with Crippen molar-refractivity contribution < 1.29 is 4.57 Å². The molecule has 0 fully saturated rings. The van der Waals surface area contributed by atoms with Crippen LogP contribution < -0.4 is 4.57 Å². The van der Waals surface area contributed by atoms with Gasteiger partial charge in [-0.25, -0.2) is 9.55 Å². The molecule has 1 aromatic rings. The van der Waals surface area contributed by atoms with Crippen LogP contribution in [-0.4, -0.2) is 4.98 Å². The van der Waals surface area contributed by atoms with E-state index >= 15 is 0 Å². The van der Waals surface area contributed by atoms with Crippen LogP contribution in [0.4, 0.5) is 0 Å². The number of hydrogen-bond donors (Lipinski definition) is 1. The second kappa shape index (κ2) is 7.49. The van der Waals surface area contributed by atoms with Crippen LogP contribution in [0.15, 0.2) is 12.4 Å². The molecular weight excluding hydrogens is 184 g/mol. The number of aryl methyl sites for hydroxylation is 2. The van der Waals surface area contributed by atoms with Crippen LogP contribution in [0.2, 0.25) is 0 Å². The molecule has 0 aliphatic carbocycles. The van der Waals surface area contributed by atoms with Crippen molar-refractivity contribution in [2.75, 3.05) is 0 Å². The average Bonchev–Trinajstić information content (AvgIpc) is 2.69. The third-order valence-corrected chi connectivity index (χ3v) is 2.87. The van der Waals surface area contributed by atoms with Gasteiger partial charge in [0, 0.05) is 6.42 Å². The summed E-state index contributed by atoms with van der Waals surface area (Å²) in [5, 5.41) is 0. The molecule has 2 nitrogen and oxygen atoms in total. The third-order valence-electron chi connectivity index (χ3n) is 2.87. The van der Waals surface area contributed by atoms with Crippen molar-refractivity contribution in [2.24, 2.45) is 0 Å². The van der Waals surface area contributed by atoms with Gasteiger partial charge in [-0.3, -0.25) is 0 Å². The Morgan fingerprint density at radius 1 is 1.07 bits per heavy atom. The van der Waals surface area contributed by atoms with Crippen LogP contribution >= 0.6 is 0 Å². The lowest BCUT2D eigenvalue weighted by molar-refractivity contribution is -0.703. The predicted molar refractivity (Wildman–Crippen MR) is 63.7 cm³/mol. The number of aromatic amines is 1. The molecule has 1 N–H and O–H groups in total. The number of unbranched alkanes of at least 4 members (excludes halogenated alkanes) is 4. The van der Waals surface area contributed by atoms with Gasteiger partial charge < -0.3 is 0 Å². The monoisotopic (exact) mass is 209 g/mol. The predicted octanol–water partition coefficient (Wildman–Crippen LogP) is 3.23. The molecular formula is C13H25N2+. The maximum Gasteiger partial charge on any atom is 0.254 e. The SMILES string of the molecule is CCCCCC[n+]1cc[nH]c1CCCC. The van der Waals surface area contributed by atoms with E-state index in [1.807, 2.05) is 0 Å². The number of H-pyrrole nitrogens is 1. The Kier molecular flexibility index (Phi) is 6.14. The lowest BCUT2D eigenvalue weighted by atomic mass is 10.2. The normalized spacial score (nSPS) is 10.8. The molecule has 15 heavy (non-hydrogen) atoms.